The molecule has 0 bridgehead atoms. The van der Waals surface area contributed by atoms with E-state index in [4.69, 9.17) is 23.2 Å². The van der Waals surface area contributed by atoms with E-state index < -0.39 is 0 Å². The van der Waals surface area contributed by atoms with E-state index in [0.29, 0.717) is 10.0 Å². The highest BCUT2D eigenvalue weighted by atomic mass is 35.5. The molecule has 1 aromatic heterocycles. The lowest BCUT2D eigenvalue weighted by molar-refractivity contribution is 0.725. The number of nitrogens with one attached hydrogen (secondary N) is 1. The van der Waals surface area contributed by atoms with Crippen molar-refractivity contribution in [3.63, 3.8) is 0 Å². The van der Waals surface area contributed by atoms with Crippen LogP contribution < -0.4 is 5.32 Å². The Hall–Kier alpha value is -2.04. The molecule has 1 aliphatic rings. The van der Waals surface area contributed by atoms with Crippen LogP contribution in [0.3, 0.4) is 0 Å². The molecule has 2 aromatic carbocycles. The molecule has 1 N–H and O–H groups in total. The Kier molecular flexibility index (Phi) is 3.51. The highest BCUT2D eigenvalue weighted by Gasteiger charge is 2.25. The summed E-state index contributed by atoms with van der Waals surface area (Å²) >= 11 is 12.4. The third kappa shape index (κ3) is 2.38. The van der Waals surface area contributed by atoms with Crippen LogP contribution in [-0.4, -0.2) is 21.3 Å². The van der Waals surface area contributed by atoms with Gasteiger partial charge in [0, 0.05) is 18.0 Å². The largest absolute Gasteiger partial charge is 0.383 e. The second-order valence-corrected chi connectivity index (χ2v) is 6.46. The Labute approximate surface area is 144 Å². The smallest absolute Gasteiger partial charge is 0.168 e. The van der Waals surface area contributed by atoms with Crippen molar-refractivity contribution in [3.05, 3.63) is 58.3 Å². The van der Waals surface area contributed by atoms with Crippen LogP contribution in [0.2, 0.25) is 10.0 Å². The van der Waals surface area contributed by atoms with E-state index in [2.05, 4.69) is 27.0 Å². The molecular weight excluding hydrogens is 331 g/mol. The van der Waals surface area contributed by atoms with E-state index >= 15 is 0 Å². The van der Waals surface area contributed by atoms with Crippen molar-refractivity contribution < 1.29 is 0 Å². The third-order valence-corrected chi connectivity index (χ3v) is 4.76. The van der Waals surface area contributed by atoms with Crippen molar-refractivity contribution in [2.75, 3.05) is 11.9 Å². The molecule has 0 fully saturated rings. The Balaban J connectivity index is 2.02. The molecule has 4 nitrogen and oxygen atoms in total. The number of halogens is 2. The van der Waals surface area contributed by atoms with Gasteiger partial charge in [0.25, 0.3) is 0 Å². The fourth-order valence-electron chi connectivity index (χ4n) is 2.84. The molecule has 1 aliphatic heterocycles. The van der Waals surface area contributed by atoms with E-state index in [-0.39, 0.29) is 5.92 Å². The quantitative estimate of drug-likeness (QED) is 0.691. The van der Waals surface area contributed by atoms with Gasteiger partial charge in [-0.3, -0.25) is 4.57 Å². The zero-order valence-electron chi connectivity index (χ0n) is 12.4. The first-order valence-electron chi connectivity index (χ1n) is 7.39. The van der Waals surface area contributed by atoms with Gasteiger partial charge in [0.15, 0.2) is 5.82 Å². The molecule has 0 spiro atoms. The van der Waals surface area contributed by atoms with Crippen LogP contribution in [0, 0.1) is 0 Å². The lowest BCUT2D eigenvalue weighted by Crippen LogP contribution is -2.09. The van der Waals surface area contributed by atoms with Crippen molar-refractivity contribution in [2.24, 2.45) is 0 Å². The first-order valence-corrected chi connectivity index (χ1v) is 8.15. The number of nitrogens with zero attached hydrogens (tertiary/aromatic N) is 3. The maximum atomic E-state index is 6.25. The molecular formula is C17H14Cl2N4. The summed E-state index contributed by atoms with van der Waals surface area (Å²) in [6.45, 7) is 2.88. The molecule has 0 unspecified atom stereocenters. The number of anilines is 1. The summed E-state index contributed by atoms with van der Waals surface area (Å²) in [4.78, 5) is 0. The van der Waals surface area contributed by atoms with E-state index in [9.17, 15) is 0 Å². The van der Waals surface area contributed by atoms with Crippen LogP contribution in [0.1, 0.15) is 18.7 Å². The van der Waals surface area contributed by atoms with Crippen LogP contribution in [0.4, 0.5) is 5.69 Å². The number of hydrogen-bond acceptors (Lipinski definition) is 3. The summed E-state index contributed by atoms with van der Waals surface area (Å²) in [5.41, 5.74) is 2.86. The van der Waals surface area contributed by atoms with Gasteiger partial charge < -0.3 is 5.32 Å². The molecule has 0 radical (unpaired) electrons. The molecule has 23 heavy (non-hydrogen) atoms. The number of benzene rings is 2. The molecule has 0 saturated carbocycles. The van der Waals surface area contributed by atoms with Gasteiger partial charge in [-0.1, -0.05) is 60.5 Å². The maximum absolute atomic E-state index is 6.25. The van der Waals surface area contributed by atoms with Gasteiger partial charge in [-0.15, -0.1) is 10.2 Å². The summed E-state index contributed by atoms with van der Waals surface area (Å²) in [6.07, 6.45) is 0. The minimum atomic E-state index is 0.213. The molecule has 1 atom stereocenters. The summed E-state index contributed by atoms with van der Waals surface area (Å²) in [6, 6.07) is 13.7. The van der Waals surface area contributed by atoms with Crippen molar-refractivity contribution in [1.82, 2.24) is 14.8 Å². The van der Waals surface area contributed by atoms with Gasteiger partial charge in [-0.2, -0.15) is 0 Å². The molecule has 4 rings (SSSR count). The summed E-state index contributed by atoms with van der Waals surface area (Å²) in [5.74, 6) is 1.93. The van der Waals surface area contributed by atoms with Gasteiger partial charge in [0.1, 0.15) is 5.82 Å². The molecule has 3 aromatic rings. The standard InChI is InChI=1S/C17H14Cl2N4/c1-10-9-20-14-7-12(18)13(19)8-15(14)23-16(10)21-22-17(23)11-5-3-2-4-6-11/h2-8,10,20H,9H2,1H3/t10-/m1/s1. The third-order valence-electron chi connectivity index (χ3n) is 4.04. The van der Waals surface area contributed by atoms with Crippen LogP contribution in [0.25, 0.3) is 17.1 Å². The number of fused-ring (bicyclic) bond motifs is 3. The van der Waals surface area contributed by atoms with Gasteiger partial charge in [0.05, 0.1) is 21.4 Å². The van der Waals surface area contributed by atoms with Crippen LogP contribution in [-0.2, 0) is 0 Å². The second kappa shape index (κ2) is 5.55. The zero-order chi connectivity index (χ0) is 16.0. The van der Waals surface area contributed by atoms with Crippen LogP contribution >= 0.6 is 23.2 Å². The molecule has 2 heterocycles. The number of aromatic nitrogens is 3. The Morgan fingerprint density at radius 3 is 2.61 bits per heavy atom. The average Bonchev–Trinajstić information content (AvgIpc) is 2.96. The van der Waals surface area contributed by atoms with Crippen LogP contribution in [0.5, 0.6) is 0 Å². The zero-order valence-corrected chi connectivity index (χ0v) is 13.9. The highest BCUT2D eigenvalue weighted by molar-refractivity contribution is 6.42. The lowest BCUT2D eigenvalue weighted by atomic mass is 10.1. The minimum Gasteiger partial charge on any atom is -0.383 e. The van der Waals surface area contributed by atoms with E-state index in [0.717, 1.165) is 35.1 Å². The van der Waals surface area contributed by atoms with Crippen molar-refractivity contribution in [2.45, 2.75) is 12.8 Å². The summed E-state index contributed by atoms with van der Waals surface area (Å²) in [7, 11) is 0. The Bertz CT molecular complexity index is 874. The van der Waals surface area contributed by atoms with Crippen molar-refractivity contribution >= 4 is 28.9 Å². The molecule has 0 saturated heterocycles. The predicted molar refractivity (Wildman–Crippen MR) is 93.7 cm³/mol. The monoisotopic (exact) mass is 344 g/mol. The SMILES string of the molecule is C[C@@H]1CNc2cc(Cl)c(Cl)cc2-n2c(-c3ccccc3)nnc21. The Morgan fingerprint density at radius 2 is 1.83 bits per heavy atom. The molecule has 0 aliphatic carbocycles. The normalized spacial score (nSPS) is 16.2. The lowest BCUT2D eigenvalue weighted by Gasteiger charge is -2.13. The predicted octanol–water partition coefficient (Wildman–Crippen LogP) is 4.77. The van der Waals surface area contributed by atoms with E-state index in [1.807, 2.05) is 42.5 Å². The number of rotatable bonds is 1. The van der Waals surface area contributed by atoms with Gasteiger partial charge in [-0.05, 0) is 12.1 Å². The van der Waals surface area contributed by atoms with Gasteiger partial charge in [0.2, 0.25) is 0 Å². The van der Waals surface area contributed by atoms with Crippen molar-refractivity contribution in [1.29, 1.82) is 0 Å². The first-order chi connectivity index (χ1) is 11.1. The number of hydrogen-bond donors (Lipinski definition) is 1. The Morgan fingerprint density at radius 1 is 1.09 bits per heavy atom. The highest BCUT2D eigenvalue weighted by Crippen LogP contribution is 2.37. The topological polar surface area (TPSA) is 42.7 Å². The summed E-state index contributed by atoms with van der Waals surface area (Å²) in [5, 5.41) is 13.3. The van der Waals surface area contributed by atoms with E-state index in [1.54, 1.807) is 0 Å². The second-order valence-electron chi connectivity index (χ2n) is 5.65. The minimum absolute atomic E-state index is 0.213. The fourth-order valence-corrected chi connectivity index (χ4v) is 3.17. The van der Waals surface area contributed by atoms with Gasteiger partial charge in [-0.25, -0.2) is 0 Å². The summed E-state index contributed by atoms with van der Waals surface area (Å²) < 4.78 is 2.07. The van der Waals surface area contributed by atoms with Crippen molar-refractivity contribution in [3.8, 4) is 17.1 Å². The average molecular weight is 345 g/mol. The van der Waals surface area contributed by atoms with Crippen LogP contribution in [0.15, 0.2) is 42.5 Å². The molecule has 116 valence electrons. The van der Waals surface area contributed by atoms with E-state index in [1.165, 1.54) is 0 Å². The molecule has 6 heteroatoms. The van der Waals surface area contributed by atoms with Gasteiger partial charge >= 0.3 is 0 Å². The fraction of sp³-hybridized carbons (Fsp3) is 0.176. The maximum Gasteiger partial charge on any atom is 0.168 e. The molecule has 0 amide bonds. The first kappa shape index (κ1) is 14.5.